The number of hydrogen-bond donors (Lipinski definition) is 1. The molecule has 0 radical (unpaired) electrons. The fourth-order valence-corrected chi connectivity index (χ4v) is 3.33. The first kappa shape index (κ1) is 21.5. The Balaban J connectivity index is 1.88. The highest BCUT2D eigenvalue weighted by Gasteiger charge is 2.29. The smallest absolute Gasteiger partial charge is 0.409 e. The lowest BCUT2D eigenvalue weighted by Crippen LogP contribution is -2.51. The van der Waals surface area contributed by atoms with Gasteiger partial charge < -0.3 is 24.6 Å². The zero-order valence-corrected chi connectivity index (χ0v) is 16.8. The number of rotatable bonds is 7. The number of benzene rings is 1. The van der Waals surface area contributed by atoms with Gasteiger partial charge in [-0.25, -0.2) is 4.79 Å². The Morgan fingerprint density at radius 1 is 1.21 bits per heavy atom. The molecule has 154 valence electrons. The molecule has 28 heavy (non-hydrogen) atoms. The van der Waals surface area contributed by atoms with Crippen LogP contribution in [0.5, 0.6) is 5.75 Å². The fourth-order valence-electron chi connectivity index (χ4n) is 3.33. The predicted molar refractivity (Wildman–Crippen MR) is 104 cm³/mol. The largest absolute Gasteiger partial charge is 0.496 e. The first-order valence-electron chi connectivity index (χ1n) is 9.53. The number of nitrogens with one attached hydrogen (secondary N) is 1. The fraction of sp³-hybridized carbons (Fsp3) is 0.550. The lowest BCUT2D eigenvalue weighted by atomic mass is 10.0. The van der Waals surface area contributed by atoms with Crippen molar-refractivity contribution in [3.05, 3.63) is 29.8 Å². The maximum absolute atomic E-state index is 12.4. The molecule has 0 bridgehead atoms. The van der Waals surface area contributed by atoms with E-state index in [2.05, 4.69) is 5.32 Å². The van der Waals surface area contributed by atoms with Crippen molar-refractivity contribution < 1.29 is 23.9 Å². The van der Waals surface area contributed by atoms with Crippen molar-refractivity contribution in [2.45, 2.75) is 39.3 Å². The standard InChI is InChI=1S/C20H29N3O5/c1-4-28-20(26)22-11-9-17(10-12-22)23(15(2)24)14-19(25)21-13-16-7-5-6-8-18(16)27-3/h5-8,17H,4,9-14H2,1-3H3,(H,21,25). The summed E-state index contributed by atoms with van der Waals surface area (Å²) in [5.74, 6) is 0.327. The number of carbonyl (C=O) groups excluding carboxylic acids is 3. The highest BCUT2D eigenvalue weighted by atomic mass is 16.6. The van der Waals surface area contributed by atoms with E-state index in [0.717, 1.165) is 5.56 Å². The van der Waals surface area contributed by atoms with Crippen molar-refractivity contribution >= 4 is 17.9 Å². The van der Waals surface area contributed by atoms with Crippen molar-refractivity contribution in [3.8, 4) is 5.75 Å². The van der Waals surface area contributed by atoms with Gasteiger partial charge in [0.25, 0.3) is 0 Å². The van der Waals surface area contributed by atoms with Gasteiger partial charge in [-0.1, -0.05) is 18.2 Å². The van der Waals surface area contributed by atoms with Crippen molar-refractivity contribution in [1.82, 2.24) is 15.1 Å². The summed E-state index contributed by atoms with van der Waals surface area (Å²) in [6.07, 6.45) is 0.918. The summed E-state index contributed by atoms with van der Waals surface area (Å²) >= 11 is 0. The predicted octanol–water partition coefficient (Wildman–Crippen LogP) is 1.78. The van der Waals surface area contributed by atoms with Crippen LogP contribution in [0, 0.1) is 0 Å². The molecule has 1 heterocycles. The van der Waals surface area contributed by atoms with Crippen LogP contribution in [0.25, 0.3) is 0 Å². The van der Waals surface area contributed by atoms with E-state index in [-0.39, 0.29) is 30.5 Å². The van der Waals surface area contributed by atoms with Gasteiger partial charge in [-0.15, -0.1) is 0 Å². The molecular weight excluding hydrogens is 362 g/mol. The third-order valence-corrected chi connectivity index (χ3v) is 4.82. The summed E-state index contributed by atoms with van der Waals surface area (Å²) in [5.41, 5.74) is 0.871. The maximum atomic E-state index is 12.4. The minimum atomic E-state index is -0.329. The second kappa shape index (κ2) is 10.5. The first-order valence-corrected chi connectivity index (χ1v) is 9.53. The van der Waals surface area contributed by atoms with Crippen LogP contribution in [0.15, 0.2) is 24.3 Å². The highest BCUT2D eigenvalue weighted by molar-refractivity contribution is 5.84. The van der Waals surface area contributed by atoms with Gasteiger partial charge in [0.05, 0.1) is 20.3 Å². The van der Waals surface area contributed by atoms with Gasteiger partial charge in [-0.05, 0) is 25.8 Å². The van der Waals surface area contributed by atoms with Gasteiger partial charge in [0, 0.05) is 38.2 Å². The van der Waals surface area contributed by atoms with Gasteiger partial charge in [0.1, 0.15) is 5.75 Å². The van der Waals surface area contributed by atoms with Gasteiger partial charge in [-0.2, -0.15) is 0 Å². The minimum Gasteiger partial charge on any atom is -0.496 e. The molecule has 0 atom stereocenters. The van der Waals surface area contributed by atoms with Crippen molar-refractivity contribution in [3.63, 3.8) is 0 Å². The highest BCUT2D eigenvalue weighted by Crippen LogP contribution is 2.18. The average molecular weight is 391 g/mol. The molecule has 1 aromatic carbocycles. The van der Waals surface area contributed by atoms with Crippen molar-refractivity contribution in [2.75, 3.05) is 33.4 Å². The Kier molecular flexibility index (Phi) is 8.10. The van der Waals surface area contributed by atoms with E-state index >= 15 is 0 Å². The Labute approximate surface area is 165 Å². The summed E-state index contributed by atoms with van der Waals surface area (Å²) < 4.78 is 10.3. The molecule has 1 fully saturated rings. The van der Waals surface area contributed by atoms with E-state index in [1.807, 2.05) is 24.3 Å². The van der Waals surface area contributed by atoms with E-state index in [0.29, 0.717) is 44.8 Å². The average Bonchev–Trinajstić information content (AvgIpc) is 2.70. The van der Waals surface area contributed by atoms with Crippen LogP contribution in [0.3, 0.4) is 0 Å². The van der Waals surface area contributed by atoms with E-state index < -0.39 is 0 Å². The summed E-state index contributed by atoms with van der Waals surface area (Å²) in [4.78, 5) is 39.5. The second-order valence-electron chi connectivity index (χ2n) is 6.65. The maximum Gasteiger partial charge on any atom is 0.409 e. The van der Waals surface area contributed by atoms with Crippen LogP contribution in [0.4, 0.5) is 4.79 Å². The molecular formula is C20H29N3O5. The van der Waals surface area contributed by atoms with Crippen LogP contribution in [0.2, 0.25) is 0 Å². The molecule has 1 N–H and O–H groups in total. The third kappa shape index (κ3) is 5.87. The number of methoxy groups -OCH3 is 1. The first-order chi connectivity index (χ1) is 13.5. The number of piperidine rings is 1. The quantitative estimate of drug-likeness (QED) is 0.765. The zero-order chi connectivity index (χ0) is 20.5. The van der Waals surface area contributed by atoms with Gasteiger partial charge in [-0.3, -0.25) is 9.59 Å². The van der Waals surface area contributed by atoms with Gasteiger partial charge in [0.15, 0.2) is 0 Å². The normalized spacial score (nSPS) is 14.3. The topological polar surface area (TPSA) is 88.2 Å². The number of ether oxygens (including phenoxy) is 2. The number of amides is 3. The van der Waals surface area contributed by atoms with Crippen LogP contribution >= 0.6 is 0 Å². The Morgan fingerprint density at radius 2 is 1.89 bits per heavy atom. The number of carbonyl (C=O) groups is 3. The molecule has 1 aliphatic heterocycles. The summed E-state index contributed by atoms with van der Waals surface area (Å²) in [6.45, 7) is 4.92. The number of nitrogens with zero attached hydrogens (tertiary/aromatic N) is 2. The van der Waals surface area contributed by atoms with Crippen LogP contribution < -0.4 is 10.1 Å². The van der Waals surface area contributed by atoms with Crippen LogP contribution in [0.1, 0.15) is 32.3 Å². The Bertz CT molecular complexity index is 686. The Morgan fingerprint density at radius 3 is 2.50 bits per heavy atom. The summed E-state index contributed by atoms with van der Waals surface area (Å²) in [5, 5.41) is 2.84. The second-order valence-corrected chi connectivity index (χ2v) is 6.65. The van der Waals surface area contributed by atoms with Gasteiger partial charge >= 0.3 is 6.09 Å². The molecule has 0 aromatic heterocycles. The molecule has 8 nitrogen and oxygen atoms in total. The molecule has 2 rings (SSSR count). The van der Waals surface area contributed by atoms with Crippen LogP contribution in [-0.2, 0) is 20.9 Å². The van der Waals surface area contributed by atoms with E-state index in [4.69, 9.17) is 9.47 Å². The number of para-hydroxylation sites is 1. The zero-order valence-electron chi connectivity index (χ0n) is 16.8. The van der Waals surface area contributed by atoms with Gasteiger partial charge in [0.2, 0.25) is 11.8 Å². The molecule has 8 heteroatoms. The number of hydrogen-bond acceptors (Lipinski definition) is 5. The van der Waals surface area contributed by atoms with E-state index in [1.165, 1.54) is 6.92 Å². The minimum absolute atomic E-state index is 0.00540. The molecule has 1 aliphatic rings. The molecule has 1 aromatic rings. The molecule has 0 saturated carbocycles. The Hall–Kier alpha value is -2.77. The summed E-state index contributed by atoms with van der Waals surface area (Å²) in [7, 11) is 1.58. The lowest BCUT2D eigenvalue weighted by Gasteiger charge is -2.37. The molecule has 1 saturated heterocycles. The molecule has 0 aliphatic carbocycles. The van der Waals surface area contributed by atoms with E-state index in [1.54, 1.807) is 23.8 Å². The SMILES string of the molecule is CCOC(=O)N1CCC(N(CC(=O)NCc2ccccc2OC)C(C)=O)CC1. The van der Waals surface area contributed by atoms with Crippen LogP contribution in [-0.4, -0.2) is 67.1 Å². The lowest BCUT2D eigenvalue weighted by molar-refractivity contribution is -0.137. The van der Waals surface area contributed by atoms with Crippen molar-refractivity contribution in [2.24, 2.45) is 0 Å². The monoisotopic (exact) mass is 391 g/mol. The molecule has 3 amide bonds. The molecule has 0 unspecified atom stereocenters. The van der Waals surface area contributed by atoms with Crippen molar-refractivity contribution in [1.29, 1.82) is 0 Å². The summed E-state index contributed by atoms with van der Waals surface area (Å²) in [6, 6.07) is 7.39. The number of likely N-dealkylation sites (tertiary alicyclic amines) is 1. The third-order valence-electron chi connectivity index (χ3n) is 4.82. The molecule has 0 spiro atoms. The van der Waals surface area contributed by atoms with E-state index in [9.17, 15) is 14.4 Å².